The first-order valence-corrected chi connectivity index (χ1v) is 9.63. The molecule has 2 aromatic carbocycles. The number of rotatable bonds is 9. The summed E-state index contributed by atoms with van der Waals surface area (Å²) < 4.78 is 7.47. The summed E-state index contributed by atoms with van der Waals surface area (Å²) in [6.45, 7) is 4.11. The normalized spacial score (nSPS) is 11.0. The molecule has 0 aliphatic carbocycles. The van der Waals surface area contributed by atoms with Gasteiger partial charge in [-0.3, -0.25) is 10.1 Å². The molecule has 0 aliphatic heterocycles. The maximum absolute atomic E-state index is 12.5. The Morgan fingerprint density at radius 3 is 2.78 bits per heavy atom. The molecular weight excluding hydrogens is 362 g/mol. The number of carbonyl (C=O) groups excluding carboxylic acids is 1. The number of nitrogens with zero attached hydrogens (tertiary/aromatic N) is 2. The summed E-state index contributed by atoms with van der Waals surface area (Å²) in [4.78, 5) is 17.1. The number of hydrogen-bond acceptors (Lipinski definition) is 3. The Balaban J connectivity index is 1.69. The molecule has 0 aliphatic rings. The van der Waals surface area contributed by atoms with Gasteiger partial charge in [0, 0.05) is 31.2 Å². The monoisotopic (exact) mass is 385 g/mol. The maximum Gasteiger partial charge on any atom is 0.227 e. The minimum Gasteiger partial charge on any atom is -0.382 e. The summed E-state index contributed by atoms with van der Waals surface area (Å²) in [5.41, 5.74) is 2.85. The molecular formula is C21H24ClN3O2. The first kappa shape index (κ1) is 19.4. The summed E-state index contributed by atoms with van der Waals surface area (Å²) in [6.07, 6.45) is 1.80. The number of amides is 1. The van der Waals surface area contributed by atoms with Crippen molar-refractivity contribution >= 4 is 34.5 Å². The lowest BCUT2D eigenvalue weighted by atomic mass is 10.1. The predicted molar refractivity (Wildman–Crippen MR) is 109 cm³/mol. The van der Waals surface area contributed by atoms with Crippen LogP contribution < -0.4 is 5.32 Å². The Bertz CT molecular complexity index is 907. The van der Waals surface area contributed by atoms with Gasteiger partial charge in [0.15, 0.2) is 0 Å². The summed E-state index contributed by atoms with van der Waals surface area (Å²) in [7, 11) is 0. The number of hydrogen-bond donors (Lipinski definition) is 1. The standard InChI is InChI=1S/C21H24ClN3O2/c1-2-27-15-7-14-25-19-11-6-5-10-18(19)23-21(25)24-20(26)13-12-16-8-3-4-9-17(16)22/h3-6,8-11H,2,7,12-15H2,1H3,(H,23,24,26). The van der Waals surface area contributed by atoms with Crippen molar-refractivity contribution in [2.75, 3.05) is 18.5 Å². The van der Waals surface area contributed by atoms with Crippen molar-refractivity contribution in [3.8, 4) is 0 Å². The summed E-state index contributed by atoms with van der Waals surface area (Å²) >= 11 is 6.17. The van der Waals surface area contributed by atoms with Crippen molar-refractivity contribution in [2.45, 2.75) is 32.7 Å². The van der Waals surface area contributed by atoms with Crippen LogP contribution in [0.3, 0.4) is 0 Å². The minimum absolute atomic E-state index is 0.0729. The number of imidazole rings is 1. The third-order valence-corrected chi connectivity index (χ3v) is 4.73. The number of fused-ring (bicyclic) bond motifs is 1. The molecule has 0 saturated heterocycles. The highest BCUT2D eigenvalue weighted by Gasteiger charge is 2.13. The van der Waals surface area contributed by atoms with Gasteiger partial charge >= 0.3 is 0 Å². The molecule has 1 aromatic heterocycles. The number of para-hydroxylation sites is 2. The van der Waals surface area contributed by atoms with Crippen LogP contribution in [0.4, 0.5) is 5.95 Å². The van der Waals surface area contributed by atoms with Crippen LogP contribution in [0.25, 0.3) is 11.0 Å². The molecule has 3 rings (SSSR count). The quantitative estimate of drug-likeness (QED) is 0.544. The SMILES string of the molecule is CCOCCCn1c(NC(=O)CCc2ccccc2Cl)nc2ccccc21. The van der Waals surface area contributed by atoms with E-state index in [1.807, 2.05) is 60.0 Å². The molecule has 0 bridgehead atoms. The molecule has 3 aromatic rings. The topological polar surface area (TPSA) is 56.1 Å². The highest BCUT2D eigenvalue weighted by Crippen LogP contribution is 2.21. The Morgan fingerprint density at radius 2 is 1.96 bits per heavy atom. The predicted octanol–water partition coefficient (Wildman–Crippen LogP) is 4.69. The van der Waals surface area contributed by atoms with E-state index in [2.05, 4.69) is 10.3 Å². The van der Waals surface area contributed by atoms with Crippen LogP contribution in [0.15, 0.2) is 48.5 Å². The van der Waals surface area contributed by atoms with E-state index in [9.17, 15) is 4.79 Å². The highest BCUT2D eigenvalue weighted by atomic mass is 35.5. The fraction of sp³-hybridized carbons (Fsp3) is 0.333. The van der Waals surface area contributed by atoms with E-state index in [4.69, 9.17) is 16.3 Å². The van der Waals surface area contributed by atoms with Crippen LogP contribution in [0, 0.1) is 0 Å². The smallest absolute Gasteiger partial charge is 0.227 e. The zero-order chi connectivity index (χ0) is 19.1. The van der Waals surface area contributed by atoms with Gasteiger partial charge in [-0.25, -0.2) is 4.98 Å². The first-order valence-electron chi connectivity index (χ1n) is 9.25. The number of aryl methyl sites for hydroxylation is 2. The van der Waals surface area contributed by atoms with Crippen LogP contribution in [-0.2, 0) is 22.5 Å². The van der Waals surface area contributed by atoms with Crippen LogP contribution >= 0.6 is 11.6 Å². The van der Waals surface area contributed by atoms with Gasteiger partial charge < -0.3 is 9.30 Å². The summed E-state index contributed by atoms with van der Waals surface area (Å²) in [5, 5.41) is 3.65. The Labute approximate surface area is 164 Å². The number of anilines is 1. The van der Waals surface area contributed by atoms with Gasteiger partial charge in [0.2, 0.25) is 11.9 Å². The molecule has 5 nitrogen and oxygen atoms in total. The van der Waals surface area contributed by atoms with Gasteiger partial charge in [0.25, 0.3) is 0 Å². The highest BCUT2D eigenvalue weighted by molar-refractivity contribution is 6.31. The van der Waals surface area contributed by atoms with Crippen LogP contribution in [0.2, 0.25) is 5.02 Å². The van der Waals surface area contributed by atoms with E-state index in [-0.39, 0.29) is 5.91 Å². The fourth-order valence-electron chi connectivity index (χ4n) is 3.00. The lowest BCUT2D eigenvalue weighted by molar-refractivity contribution is -0.116. The van der Waals surface area contributed by atoms with Gasteiger partial charge in [0.1, 0.15) is 0 Å². The van der Waals surface area contributed by atoms with Gasteiger partial charge in [0.05, 0.1) is 11.0 Å². The minimum atomic E-state index is -0.0729. The molecule has 0 spiro atoms. The molecule has 6 heteroatoms. The second kappa shape index (κ2) is 9.53. The number of ether oxygens (including phenoxy) is 1. The van der Waals surface area contributed by atoms with Crippen LogP contribution in [-0.4, -0.2) is 28.7 Å². The molecule has 0 saturated carbocycles. The zero-order valence-corrected chi connectivity index (χ0v) is 16.2. The van der Waals surface area contributed by atoms with Crippen molar-refractivity contribution in [3.05, 3.63) is 59.1 Å². The molecule has 0 unspecified atom stereocenters. The molecule has 1 heterocycles. The van der Waals surface area contributed by atoms with Crippen LogP contribution in [0.5, 0.6) is 0 Å². The first-order chi connectivity index (χ1) is 13.2. The maximum atomic E-state index is 12.5. The number of benzene rings is 2. The van der Waals surface area contributed by atoms with Gasteiger partial charge in [-0.15, -0.1) is 0 Å². The molecule has 142 valence electrons. The molecule has 27 heavy (non-hydrogen) atoms. The largest absolute Gasteiger partial charge is 0.382 e. The van der Waals surface area contributed by atoms with E-state index in [1.54, 1.807) is 0 Å². The zero-order valence-electron chi connectivity index (χ0n) is 15.5. The third kappa shape index (κ3) is 5.08. The number of carbonyl (C=O) groups is 1. The van der Waals surface area contributed by atoms with Crippen molar-refractivity contribution < 1.29 is 9.53 Å². The fourth-order valence-corrected chi connectivity index (χ4v) is 3.23. The van der Waals surface area contributed by atoms with Gasteiger partial charge in [-0.1, -0.05) is 41.9 Å². The number of nitrogens with one attached hydrogen (secondary N) is 1. The van der Waals surface area contributed by atoms with Crippen molar-refractivity contribution in [1.29, 1.82) is 0 Å². The van der Waals surface area contributed by atoms with Crippen LogP contribution in [0.1, 0.15) is 25.3 Å². The average molecular weight is 386 g/mol. The lowest BCUT2D eigenvalue weighted by Crippen LogP contribution is -2.17. The second-order valence-corrected chi connectivity index (χ2v) is 6.67. The molecule has 1 amide bonds. The summed E-state index contributed by atoms with van der Waals surface area (Å²) in [6, 6.07) is 15.5. The van der Waals surface area contributed by atoms with Gasteiger partial charge in [-0.05, 0) is 43.5 Å². The number of aromatic nitrogens is 2. The van der Waals surface area contributed by atoms with E-state index >= 15 is 0 Å². The molecule has 0 fully saturated rings. The molecule has 0 radical (unpaired) electrons. The Hall–Kier alpha value is -2.37. The van der Waals surface area contributed by atoms with E-state index in [0.717, 1.165) is 29.6 Å². The van der Waals surface area contributed by atoms with E-state index in [0.29, 0.717) is 37.0 Å². The third-order valence-electron chi connectivity index (χ3n) is 4.36. The molecule has 0 atom stereocenters. The molecule has 1 N–H and O–H groups in total. The van der Waals surface area contributed by atoms with Crippen molar-refractivity contribution in [2.24, 2.45) is 0 Å². The lowest BCUT2D eigenvalue weighted by Gasteiger charge is -2.10. The summed E-state index contributed by atoms with van der Waals surface area (Å²) in [5.74, 6) is 0.508. The van der Waals surface area contributed by atoms with Crippen molar-refractivity contribution in [1.82, 2.24) is 9.55 Å². The average Bonchev–Trinajstić information content (AvgIpc) is 3.01. The van der Waals surface area contributed by atoms with Gasteiger partial charge in [-0.2, -0.15) is 0 Å². The van der Waals surface area contributed by atoms with E-state index < -0.39 is 0 Å². The Morgan fingerprint density at radius 1 is 1.19 bits per heavy atom. The second-order valence-electron chi connectivity index (χ2n) is 6.27. The van der Waals surface area contributed by atoms with Crippen molar-refractivity contribution in [3.63, 3.8) is 0 Å². The number of halogens is 1. The Kier molecular flexibility index (Phi) is 6.85. The van der Waals surface area contributed by atoms with E-state index in [1.165, 1.54) is 0 Å².